The molecule has 0 aliphatic heterocycles. The zero-order chi connectivity index (χ0) is 16.1. The van der Waals surface area contributed by atoms with E-state index in [4.69, 9.17) is 4.74 Å². The van der Waals surface area contributed by atoms with Crippen LogP contribution in [-0.2, 0) is 4.79 Å². The van der Waals surface area contributed by atoms with Crippen LogP contribution in [0.4, 0.5) is 20.2 Å². The first-order valence-electron chi connectivity index (χ1n) is 6.66. The monoisotopic (exact) mass is 306 g/mol. The van der Waals surface area contributed by atoms with Gasteiger partial charge >= 0.3 is 0 Å². The maximum absolute atomic E-state index is 13.5. The molecule has 0 aliphatic carbocycles. The maximum Gasteiger partial charge on any atom is 0.246 e. The summed E-state index contributed by atoms with van der Waals surface area (Å²) in [5.74, 6) is -1.23. The second kappa shape index (κ2) is 6.89. The van der Waals surface area contributed by atoms with E-state index in [0.29, 0.717) is 11.4 Å². The quantitative estimate of drug-likeness (QED) is 0.890. The third-order valence-corrected chi connectivity index (χ3v) is 3.06. The van der Waals surface area contributed by atoms with Crippen molar-refractivity contribution in [1.29, 1.82) is 0 Å². The Morgan fingerprint density at radius 2 is 1.86 bits per heavy atom. The Balaban J connectivity index is 2.07. The Hall–Kier alpha value is -2.63. The Morgan fingerprint density at radius 3 is 2.59 bits per heavy atom. The van der Waals surface area contributed by atoms with E-state index in [-0.39, 0.29) is 5.69 Å². The first-order chi connectivity index (χ1) is 10.5. The molecule has 0 radical (unpaired) electrons. The highest BCUT2D eigenvalue weighted by molar-refractivity contribution is 5.96. The number of ether oxygens (including phenoxy) is 1. The van der Waals surface area contributed by atoms with Gasteiger partial charge in [-0.3, -0.25) is 4.79 Å². The number of para-hydroxylation sites is 2. The number of methoxy groups -OCH3 is 1. The first kappa shape index (κ1) is 15.8. The molecule has 0 saturated heterocycles. The van der Waals surface area contributed by atoms with Crippen molar-refractivity contribution in [3.63, 3.8) is 0 Å². The Bertz CT molecular complexity index is 677. The molecule has 22 heavy (non-hydrogen) atoms. The number of rotatable bonds is 5. The molecule has 6 heteroatoms. The van der Waals surface area contributed by atoms with E-state index in [1.165, 1.54) is 7.11 Å². The summed E-state index contributed by atoms with van der Waals surface area (Å²) in [7, 11) is 1.52. The van der Waals surface area contributed by atoms with Gasteiger partial charge in [0.2, 0.25) is 5.91 Å². The lowest BCUT2D eigenvalue weighted by atomic mass is 10.2. The molecule has 0 spiro atoms. The summed E-state index contributed by atoms with van der Waals surface area (Å²) in [6.45, 7) is 1.61. The highest BCUT2D eigenvalue weighted by Gasteiger charge is 2.16. The number of nitrogens with one attached hydrogen (secondary N) is 2. The number of anilines is 2. The SMILES string of the molecule is COc1ccccc1NC(C)C(=O)Nc1cc(F)ccc1F. The van der Waals surface area contributed by atoms with Crippen molar-refractivity contribution in [3.8, 4) is 5.75 Å². The van der Waals surface area contributed by atoms with Gasteiger partial charge in [0.1, 0.15) is 23.4 Å². The van der Waals surface area contributed by atoms with Crippen molar-refractivity contribution in [3.05, 3.63) is 54.1 Å². The third-order valence-electron chi connectivity index (χ3n) is 3.06. The standard InChI is InChI=1S/C16H16F2N2O2/c1-10(19-13-5-3-4-6-15(13)22-2)16(21)20-14-9-11(17)7-8-12(14)18/h3-10,19H,1-2H3,(H,20,21). The average molecular weight is 306 g/mol. The minimum atomic E-state index is -0.695. The van der Waals surface area contributed by atoms with E-state index in [1.807, 2.05) is 0 Å². The summed E-state index contributed by atoms with van der Waals surface area (Å²) < 4.78 is 31.8. The molecule has 2 aromatic rings. The molecule has 2 rings (SSSR count). The number of hydrogen-bond donors (Lipinski definition) is 2. The molecule has 1 amide bonds. The van der Waals surface area contributed by atoms with Crippen molar-refractivity contribution < 1.29 is 18.3 Å². The fraction of sp³-hybridized carbons (Fsp3) is 0.188. The van der Waals surface area contributed by atoms with Crippen molar-refractivity contribution in [2.75, 3.05) is 17.7 Å². The van der Waals surface area contributed by atoms with Crippen LogP contribution in [0.15, 0.2) is 42.5 Å². The summed E-state index contributed by atoms with van der Waals surface area (Å²) >= 11 is 0. The molecular formula is C16H16F2N2O2. The predicted octanol–water partition coefficient (Wildman–Crippen LogP) is 3.41. The van der Waals surface area contributed by atoms with Gasteiger partial charge in [-0.05, 0) is 31.2 Å². The van der Waals surface area contributed by atoms with Gasteiger partial charge in [-0.15, -0.1) is 0 Å². The highest BCUT2D eigenvalue weighted by atomic mass is 19.1. The van der Waals surface area contributed by atoms with E-state index in [1.54, 1.807) is 31.2 Å². The van der Waals surface area contributed by atoms with Crippen LogP contribution in [0.25, 0.3) is 0 Å². The lowest BCUT2D eigenvalue weighted by Crippen LogP contribution is -2.32. The highest BCUT2D eigenvalue weighted by Crippen LogP contribution is 2.24. The molecule has 0 fully saturated rings. The Morgan fingerprint density at radius 1 is 1.14 bits per heavy atom. The van der Waals surface area contributed by atoms with Crippen molar-refractivity contribution in [2.45, 2.75) is 13.0 Å². The van der Waals surface area contributed by atoms with E-state index in [0.717, 1.165) is 18.2 Å². The predicted molar refractivity (Wildman–Crippen MR) is 81.1 cm³/mol. The molecule has 1 atom stereocenters. The fourth-order valence-corrected chi connectivity index (χ4v) is 1.90. The van der Waals surface area contributed by atoms with Gasteiger partial charge in [-0.25, -0.2) is 8.78 Å². The van der Waals surface area contributed by atoms with E-state index >= 15 is 0 Å². The summed E-state index contributed by atoms with van der Waals surface area (Å²) in [4.78, 5) is 12.1. The number of carbonyl (C=O) groups excluding carboxylic acids is 1. The molecular weight excluding hydrogens is 290 g/mol. The molecule has 0 heterocycles. The van der Waals surface area contributed by atoms with E-state index < -0.39 is 23.6 Å². The summed E-state index contributed by atoms with van der Waals surface area (Å²) in [5, 5.41) is 5.31. The van der Waals surface area contributed by atoms with Gasteiger partial charge in [0.05, 0.1) is 18.5 Å². The van der Waals surface area contributed by atoms with Crippen molar-refractivity contribution in [2.24, 2.45) is 0 Å². The number of benzene rings is 2. The minimum Gasteiger partial charge on any atom is -0.495 e. The lowest BCUT2D eigenvalue weighted by Gasteiger charge is -2.17. The number of amides is 1. The van der Waals surface area contributed by atoms with Gasteiger partial charge in [0.15, 0.2) is 0 Å². The first-order valence-corrected chi connectivity index (χ1v) is 6.66. The van der Waals surface area contributed by atoms with Gasteiger partial charge < -0.3 is 15.4 Å². The number of hydrogen-bond acceptors (Lipinski definition) is 3. The van der Waals surface area contributed by atoms with Gasteiger partial charge in [-0.1, -0.05) is 12.1 Å². The van der Waals surface area contributed by atoms with Crippen LogP contribution in [0.2, 0.25) is 0 Å². The smallest absolute Gasteiger partial charge is 0.246 e. The Kier molecular flexibility index (Phi) is 4.93. The third kappa shape index (κ3) is 3.72. The molecule has 0 aromatic heterocycles. The molecule has 2 N–H and O–H groups in total. The Labute approximate surface area is 127 Å². The van der Waals surface area contributed by atoms with E-state index in [2.05, 4.69) is 10.6 Å². The summed E-state index contributed by atoms with van der Waals surface area (Å²) in [6, 6.07) is 9.32. The minimum absolute atomic E-state index is 0.196. The van der Waals surface area contributed by atoms with Crippen molar-refractivity contribution in [1.82, 2.24) is 0 Å². The number of carbonyl (C=O) groups is 1. The van der Waals surface area contributed by atoms with Gasteiger partial charge in [-0.2, -0.15) is 0 Å². The normalized spacial score (nSPS) is 11.6. The second-order valence-corrected chi connectivity index (χ2v) is 4.68. The van der Waals surface area contributed by atoms with Crippen LogP contribution in [0.5, 0.6) is 5.75 Å². The van der Waals surface area contributed by atoms with Crippen LogP contribution in [0.3, 0.4) is 0 Å². The molecule has 2 aromatic carbocycles. The van der Waals surface area contributed by atoms with Gasteiger partial charge in [0.25, 0.3) is 0 Å². The van der Waals surface area contributed by atoms with Crippen LogP contribution < -0.4 is 15.4 Å². The molecule has 0 aliphatic rings. The van der Waals surface area contributed by atoms with Crippen LogP contribution in [0.1, 0.15) is 6.92 Å². The van der Waals surface area contributed by atoms with Crippen LogP contribution >= 0.6 is 0 Å². The largest absolute Gasteiger partial charge is 0.495 e. The molecule has 1 unspecified atom stereocenters. The van der Waals surface area contributed by atoms with Crippen LogP contribution in [-0.4, -0.2) is 19.1 Å². The average Bonchev–Trinajstić information content (AvgIpc) is 2.51. The number of halogens is 2. The topological polar surface area (TPSA) is 50.4 Å². The zero-order valence-electron chi connectivity index (χ0n) is 12.2. The maximum atomic E-state index is 13.5. The fourth-order valence-electron chi connectivity index (χ4n) is 1.90. The van der Waals surface area contributed by atoms with E-state index in [9.17, 15) is 13.6 Å². The zero-order valence-corrected chi connectivity index (χ0v) is 12.2. The lowest BCUT2D eigenvalue weighted by molar-refractivity contribution is -0.116. The molecule has 0 saturated carbocycles. The second-order valence-electron chi connectivity index (χ2n) is 4.68. The molecule has 0 bridgehead atoms. The summed E-state index contributed by atoms with van der Waals surface area (Å²) in [6.07, 6.45) is 0. The van der Waals surface area contributed by atoms with Crippen molar-refractivity contribution >= 4 is 17.3 Å². The molecule has 4 nitrogen and oxygen atoms in total. The molecule has 116 valence electrons. The van der Waals surface area contributed by atoms with Crippen LogP contribution in [0, 0.1) is 11.6 Å². The van der Waals surface area contributed by atoms with Gasteiger partial charge in [0, 0.05) is 6.07 Å². The summed E-state index contributed by atoms with van der Waals surface area (Å²) in [5.41, 5.74) is 0.436.